The van der Waals surface area contributed by atoms with E-state index in [0.29, 0.717) is 17.1 Å². The van der Waals surface area contributed by atoms with Gasteiger partial charge in [-0.2, -0.15) is 0 Å². The van der Waals surface area contributed by atoms with Crippen LogP contribution in [0.5, 0.6) is 5.75 Å². The van der Waals surface area contributed by atoms with Crippen LogP contribution in [0.15, 0.2) is 53.4 Å². The zero-order valence-corrected chi connectivity index (χ0v) is 16.9. The van der Waals surface area contributed by atoms with Crippen LogP contribution in [0.2, 0.25) is 0 Å². The minimum atomic E-state index is -3.81. The molecule has 0 unspecified atom stereocenters. The van der Waals surface area contributed by atoms with Crippen molar-refractivity contribution in [3.8, 4) is 5.75 Å². The van der Waals surface area contributed by atoms with Gasteiger partial charge in [-0.25, -0.2) is 8.42 Å². The minimum absolute atomic E-state index is 0.0575. The van der Waals surface area contributed by atoms with Crippen LogP contribution in [-0.4, -0.2) is 44.8 Å². The SMILES string of the molecule is CC(=O)Nc1ccc(S(=O)(=O)Nc2cccc(OCC(=O)N3CCCC3)c2)cc1. The van der Waals surface area contributed by atoms with Gasteiger partial charge in [0.1, 0.15) is 5.75 Å². The van der Waals surface area contributed by atoms with Crippen molar-refractivity contribution in [2.24, 2.45) is 0 Å². The monoisotopic (exact) mass is 417 g/mol. The molecule has 0 saturated carbocycles. The van der Waals surface area contributed by atoms with Crippen LogP contribution in [0, 0.1) is 0 Å². The minimum Gasteiger partial charge on any atom is -0.484 e. The molecule has 8 nitrogen and oxygen atoms in total. The topological polar surface area (TPSA) is 105 Å². The Morgan fingerprint density at radius 2 is 1.72 bits per heavy atom. The first-order chi connectivity index (χ1) is 13.8. The number of likely N-dealkylation sites (tertiary alicyclic amines) is 1. The number of anilines is 2. The number of rotatable bonds is 7. The van der Waals surface area contributed by atoms with Gasteiger partial charge in [0.15, 0.2) is 6.61 Å². The molecule has 2 N–H and O–H groups in total. The Balaban J connectivity index is 1.63. The summed E-state index contributed by atoms with van der Waals surface area (Å²) in [4.78, 5) is 25.0. The first-order valence-electron chi connectivity index (χ1n) is 9.24. The molecular weight excluding hydrogens is 394 g/mol. The highest BCUT2D eigenvalue weighted by molar-refractivity contribution is 7.92. The molecule has 9 heteroatoms. The second-order valence-electron chi connectivity index (χ2n) is 6.72. The van der Waals surface area contributed by atoms with Crippen molar-refractivity contribution in [3.63, 3.8) is 0 Å². The molecule has 0 atom stereocenters. The van der Waals surface area contributed by atoms with E-state index in [0.717, 1.165) is 25.9 Å². The van der Waals surface area contributed by atoms with Gasteiger partial charge in [-0.15, -0.1) is 0 Å². The molecule has 0 spiro atoms. The first-order valence-corrected chi connectivity index (χ1v) is 10.7. The van der Waals surface area contributed by atoms with Gasteiger partial charge in [0.05, 0.1) is 10.6 Å². The Kier molecular flexibility index (Phi) is 6.38. The number of benzene rings is 2. The average molecular weight is 417 g/mol. The van der Waals surface area contributed by atoms with Gasteiger partial charge in [0.25, 0.3) is 15.9 Å². The standard InChI is InChI=1S/C20H23N3O5S/c1-15(24)21-16-7-9-19(10-8-16)29(26,27)22-17-5-4-6-18(13-17)28-14-20(25)23-11-2-3-12-23/h4-10,13,22H,2-3,11-12,14H2,1H3,(H,21,24). The molecule has 29 heavy (non-hydrogen) atoms. The summed E-state index contributed by atoms with van der Waals surface area (Å²) in [6.45, 7) is 2.80. The van der Waals surface area contributed by atoms with Crippen molar-refractivity contribution in [2.75, 3.05) is 29.7 Å². The van der Waals surface area contributed by atoms with Gasteiger partial charge < -0.3 is 15.0 Å². The van der Waals surface area contributed by atoms with Crippen molar-refractivity contribution in [1.29, 1.82) is 0 Å². The van der Waals surface area contributed by atoms with Crippen molar-refractivity contribution in [3.05, 3.63) is 48.5 Å². The number of nitrogens with zero attached hydrogens (tertiary/aromatic N) is 1. The van der Waals surface area contributed by atoms with Gasteiger partial charge in [0.2, 0.25) is 5.91 Å². The molecule has 1 aliphatic rings. The fraction of sp³-hybridized carbons (Fsp3) is 0.300. The third kappa shape index (κ3) is 5.71. The summed E-state index contributed by atoms with van der Waals surface area (Å²) in [7, 11) is -3.81. The molecule has 2 aromatic carbocycles. The van der Waals surface area contributed by atoms with E-state index >= 15 is 0 Å². The lowest BCUT2D eigenvalue weighted by atomic mass is 10.3. The zero-order chi connectivity index (χ0) is 20.9. The number of hydrogen-bond donors (Lipinski definition) is 2. The predicted octanol–water partition coefficient (Wildman–Crippen LogP) is 2.45. The lowest BCUT2D eigenvalue weighted by Gasteiger charge is -2.16. The van der Waals surface area contributed by atoms with E-state index in [9.17, 15) is 18.0 Å². The van der Waals surface area contributed by atoms with E-state index in [1.807, 2.05) is 0 Å². The van der Waals surface area contributed by atoms with Crippen LogP contribution in [0.3, 0.4) is 0 Å². The lowest BCUT2D eigenvalue weighted by Crippen LogP contribution is -2.32. The largest absolute Gasteiger partial charge is 0.484 e. The van der Waals surface area contributed by atoms with Crippen molar-refractivity contribution >= 4 is 33.2 Å². The normalized spacial score (nSPS) is 13.8. The molecule has 0 bridgehead atoms. The summed E-state index contributed by atoms with van der Waals surface area (Å²) in [6, 6.07) is 12.3. The zero-order valence-electron chi connectivity index (χ0n) is 16.1. The maximum Gasteiger partial charge on any atom is 0.261 e. The van der Waals surface area contributed by atoms with Crippen LogP contribution >= 0.6 is 0 Å². The molecule has 2 aromatic rings. The highest BCUT2D eigenvalue weighted by atomic mass is 32.2. The molecule has 0 aromatic heterocycles. The quantitative estimate of drug-likeness (QED) is 0.720. The van der Waals surface area contributed by atoms with Gasteiger partial charge >= 0.3 is 0 Å². The Labute approximate surface area is 169 Å². The van der Waals surface area contributed by atoms with Crippen LogP contribution in [-0.2, 0) is 19.6 Å². The number of amides is 2. The maximum atomic E-state index is 12.6. The molecule has 1 fully saturated rings. The van der Waals surface area contributed by atoms with Crippen molar-refractivity contribution < 1.29 is 22.7 Å². The van der Waals surface area contributed by atoms with E-state index < -0.39 is 10.0 Å². The molecular formula is C20H23N3O5S. The van der Waals surface area contributed by atoms with E-state index in [4.69, 9.17) is 4.74 Å². The number of carbonyl (C=O) groups is 2. The fourth-order valence-corrected chi connectivity index (χ4v) is 4.04. The summed E-state index contributed by atoms with van der Waals surface area (Å²) >= 11 is 0. The summed E-state index contributed by atoms with van der Waals surface area (Å²) in [5, 5.41) is 2.58. The number of sulfonamides is 1. The third-order valence-corrected chi connectivity index (χ3v) is 5.79. The summed E-state index contributed by atoms with van der Waals surface area (Å²) < 4.78 is 33.2. The van der Waals surface area contributed by atoms with E-state index in [1.54, 1.807) is 23.1 Å². The van der Waals surface area contributed by atoms with E-state index in [-0.39, 0.29) is 23.3 Å². The van der Waals surface area contributed by atoms with Crippen molar-refractivity contribution in [2.45, 2.75) is 24.7 Å². The van der Waals surface area contributed by atoms with Gasteiger partial charge in [-0.1, -0.05) is 6.07 Å². The van der Waals surface area contributed by atoms with Gasteiger partial charge in [0, 0.05) is 31.8 Å². The van der Waals surface area contributed by atoms with Gasteiger partial charge in [-0.05, 0) is 49.2 Å². The van der Waals surface area contributed by atoms with Crippen molar-refractivity contribution in [1.82, 2.24) is 4.90 Å². The molecule has 0 radical (unpaired) electrons. The van der Waals surface area contributed by atoms with E-state index in [1.165, 1.54) is 37.3 Å². The molecule has 154 valence electrons. The Morgan fingerprint density at radius 3 is 2.38 bits per heavy atom. The molecule has 1 saturated heterocycles. The number of nitrogens with one attached hydrogen (secondary N) is 2. The number of carbonyl (C=O) groups excluding carboxylic acids is 2. The molecule has 1 aliphatic heterocycles. The Hall–Kier alpha value is -3.07. The average Bonchev–Trinajstić information content (AvgIpc) is 3.21. The van der Waals surface area contributed by atoms with Crippen LogP contribution in [0.25, 0.3) is 0 Å². The predicted molar refractivity (Wildman–Crippen MR) is 109 cm³/mol. The fourth-order valence-electron chi connectivity index (χ4n) is 2.99. The summed E-state index contributed by atoms with van der Waals surface area (Å²) in [5.41, 5.74) is 0.830. The Bertz CT molecular complexity index is 983. The highest BCUT2D eigenvalue weighted by Crippen LogP contribution is 2.22. The summed E-state index contributed by atoms with van der Waals surface area (Å²) in [6.07, 6.45) is 2.02. The van der Waals surface area contributed by atoms with Crippen LogP contribution in [0.1, 0.15) is 19.8 Å². The van der Waals surface area contributed by atoms with Gasteiger partial charge in [-0.3, -0.25) is 14.3 Å². The molecule has 1 heterocycles. The second kappa shape index (κ2) is 8.95. The van der Waals surface area contributed by atoms with Crippen LogP contribution in [0.4, 0.5) is 11.4 Å². The molecule has 3 rings (SSSR count). The number of ether oxygens (including phenoxy) is 1. The Morgan fingerprint density at radius 1 is 1.03 bits per heavy atom. The maximum absolute atomic E-state index is 12.6. The second-order valence-corrected chi connectivity index (χ2v) is 8.40. The first kappa shape index (κ1) is 20.7. The smallest absolute Gasteiger partial charge is 0.261 e. The van der Waals surface area contributed by atoms with E-state index in [2.05, 4.69) is 10.0 Å². The molecule has 0 aliphatic carbocycles. The highest BCUT2D eigenvalue weighted by Gasteiger charge is 2.18. The van der Waals surface area contributed by atoms with Crippen LogP contribution < -0.4 is 14.8 Å². The number of hydrogen-bond acceptors (Lipinski definition) is 5. The third-order valence-electron chi connectivity index (χ3n) is 4.39. The molecule has 2 amide bonds. The summed E-state index contributed by atoms with van der Waals surface area (Å²) in [5.74, 6) is 0.0882. The lowest BCUT2D eigenvalue weighted by molar-refractivity contribution is -0.132.